The van der Waals surface area contributed by atoms with E-state index in [4.69, 9.17) is 5.73 Å². The second-order valence-electron chi connectivity index (χ2n) is 4.04. The van der Waals surface area contributed by atoms with Crippen molar-refractivity contribution < 1.29 is 0 Å². The molecule has 0 aliphatic heterocycles. The molecule has 0 aliphatic rings. The third kappa shape index (κ3) is 3.83. The number of aromatic nitrogens is 2. The molecule has 3 heteroatoms. The van der Waals surface area contributed by atoms with Gasteiger partial charge < -0.3 is 5.73 Å². The third-order valence-electron chi connectivity index (χ3n) is 2.21. The summed E-state index contributed by atoms with van der Waals surface area (Å²) in [6.45, 7) is 4.45. The monoisotopic (exact) mass is 193 g/mol. The van der Waals surface area contributed by atoms with Gasteiger partial charge in [-0.3, -0.25) is 0 Å². The van der Waals surface area contributed by atoms with Gasteiger partial charge in [-0.25, -0.2) is 9.97 Å². The summed E-state index contributed by atoms with van der Waals surface area (Å²) in [4.78, 5) is 8.28. The normalized spacial score (nSPS) is 13.1. The fourth-order valence-corrected chi connectivity index (χ4v) is 1.38. The van der Waals surface area contributed by atoms with Crippen LogP contribution in [0.5, 0.6) is 0 Å². The smallest absolute Gasteiger partial charge is 0.144 e. The molecule has 1 heterocycles. The average molecular weight is 193 g/mol. The lowest BCUT2D eigenvalue weighted by Gasteiger charge is -2.10. The van der Waals surface area contributed by atoms with Crippen LogP contribution in [-0.4, -0.2) is 9.97 Å². The molecule has 14 heavy (non-hydrogen) atoms. The van der Waals surface area contributed by atoms with Gasteiger partial charge in [-0.15, -0.1) is 0 Å². The van der Waals surface area contributed by atoms with E-state index in [-0.39, 0.29) is 6.04 Å². The Kier molecular flexibility index (Phi) is 4.53. The maximum atomic E-state index is 5.96. The molecule has 0 aliphatic carbocycles. The molecule has 1 unspecified atom stereocenters. The second-order valence-corrected chi connectivity index (χ2v) is 4.04. The van der Waals surface area contributed by atoms with Gasteiger partial charge in [-0.2, -0.15) is 0 Å². The first kappa shape index (κ1) is 11.1. The highest BCUT2D eigenvalue weighted by Gasteiger charge is 2.07. The molecule has 0 aromatic carbocycles. The number of rotatable bonds is 5. The predicted molar refractivity (Wildman–Crippen MR) is 57.6 cm³/mol. The predicted octanol–water partition coefficient (Wildman–Crippen LogP) is 2.30. The SMILES string of the molecule is CC(C)CCCC(N)c1ncccn1. The van der Waals surface area contributed by atoms with Gasteiger partial charge in [-0.1, -0.05) is 26.7 Å². The molecular weight excluding hydrogens is 174 g/mol. The minimum absolute atomic E-state index is 0.00468. The molecule has 0 saturated carbocycles. The van der Waals surface area contributed by atoms with Gasteiger partial charge in [0.1, 0.15) is 5.82 Å². The first-order chi connectivity index (χ1) is 6.70. The first-order valence-electron chi connectivity index (χ1n) is 5.22. The van der Waals surface area contributed by atoms with Crippen LogP contribution >= 0.6 is 0 Å². The zero-order valence-corrected chi connectivity index (χ0v) is 8.98. The lowest BCUT2D eigenvalue weighted by Crippen LogP contribution is -2.13. The van der Waals surface area contributed by atoms with Crippen LogP contribution in [0.3, 0.4) is 0 Å². The topological polar surface area (TPSA) is 51.8 Å². The van der Waals surface area contributed by atoms with Crippen molar-refractivity contribution >= 4 is 0 Å². The first-order valence-corrected chi connectivity index (χ1v) is 5.22. The summed E-state index contributed by atoms with van der Waals surface area (Å²) in [6.07, 6.45) is 6.83. The summed E-state index contributed by atoms with van der Waals surface area (Å²) in [5.74, 6) is 1.51. The largest absolute Gasteiger partial charge is 0.321 e. The number of nitrogens with two attached hydrogens (primary N) is 1. The van der Waals surface area contributed by atoms with Gasteiger partial charge in [0, 0.05) is 12.4 Å². The van der Waals surface area contributed by atoms with E-state index >= 15 is 0 Å². The Hall–Kier alpha value is -0.960. The highest BCUT2D eigenvalue weighted by molar-refractivity contribution is 4.94. The molecule has 1 aromatic heterocycles. The molecule has 78 valence electrons. The molecule has 0 spiro atoms. The van der Waals surface area contributed by atoms with Gasteiger partial charge in [0.15, 0.2) is 0 Å². The molecule has 0 saturated heterocycles. The van der Waals surface area contributed by atoms with Crippen molar-refractivity contribution in [2.75, 3.05) is 0 Å². The van der Waals surface area contributed by atoms with Crippen molar-refractivity contribution in [1.82, 2.24) is 9.97 Å². The average Bonchev–Trinajstić information content (AvgIpc) is 2.18. The van der Waals surface area contributed by atoms with E-state index in [1.165, 1.54) is 6.42 Å². The van der Waals surface area contributed by atoms with Crippen LogP contribution in [-0.2, 0) is 0 Å². The summed E-state index contributed by atoms with van der Waals surface area (Å²) >= 11 is 0. The molecule has 0 bridgehead atoms. The summed E-state index contributed by atoms with van der Waals surface area (Å²) in [5.41, 5.74) is 5.96. The maximum Gasteiger partial charge on any atom is 0.144 e. The Morgan fingerprint density at radius 2 is 1.86 bits per heavy atom. The van der Waals surface area contributed by atoms with E-state index in [0.717, 1.165) is 24.6 Å². The molecule has 0 amide bonds. The van der Waals surface area contributed by atoms with Gasteiger partial charge in [-0.05, 0) is 18.4 Å². The van der Waals surface area contributed by atoms with Crippen molar-refractivity contribution in [1.29, 1.82) is 0 Å². The van der Waals surface area contributed by atoms with Crippen molar-refractivity contribution in [3.8, 4) is 0 Å². The lowest BCUT2D eigenvalue weighted by molar-refractivity contribution is 0.495. The third-order valence-corrected chi connectivity index (χ3v) is 2.21. The second kappa shape index (κ2) is 5.70. The van der Waals surface area contributed by atoms with E-state index in [1.54, 1.807) is 12.4 Å². The van der Waals surface area contributed by atoms with Gasteiger partial charge >= 0.3 is 0 Å². The van der Waals surface area contributed by atoms with E-state index < -0.39 is 0 Å². The van der Waals surface area contributed by atoms with Crippen LogP contribution < -0.4 is 5.73 Å². The summed E-state index contributed by atoms with van der Waals surface area (Å²) in [7, 11) is 0. The fraction of sp³-hybridized carbons (Fsp3) is 0.636. The maximum absolute atomic E-state index is 5.96. The molecule has 2 N–H and O–H groups in total. The summed E-state index contributed by atoms with van der Waals surface area (Å²) < 4.78 is 0. The van der Waals surface area contributed by atoms with Crippen molar-refractivity contribution in [3.05, 3.63) is 24.3 Å². The minimum Gasteiger partial charge on any atom is -0.321 e. The summed E-state index contributed by atoms with van der Waals surface area (Å²) in [5, 5.41) is 0. The fourth-order valence-electron chi connectivity index (χ4n) is 1.38. The number of hydrogen-bond donors (Lipinski definition) is 1. The summed E-state index contributed by atoms with van der Waals surface area (Å²) in [6, 6.07) is 1.81. The van der Waals surface area contributed by atoms with E-state index in [0.29, 0.717) is 0 Å². The quantitative estimate of drug-likeness (QED) is 0.780. The highest BCUT2D eigenvalue weighted by Crippen LogP contribution is 2.14. The highest BCUT2D eigenvalue weighted by atomic mass is 14.9. The van der Waals surface area contributed by atoms with Crippen LogP contribution in [0.25, 0.3) is 0 Å². The van der Waals surface area contributed by atoms with Gasteiger partial charge in [0.25, 0.3) is 0 Å². The van der Waals surface area contributed by atoms with Gasteiger partial charge in [0.2, 0.25) is 0 Å². The standard InChI is InChI=1S/C11H19N3/c1-9(2)5-3-6-10(12)11-13-7-4-8-14-11/h4,7-10H,3,5-6,12H2,1-2H3. The zero-order valence-electron chi connectivity index (χ0n) is 8.98. The molecule has 0 fully saturated rings. The van der Waals surface area contributed by atoms with Crippen molar-refractivity contribution in [3.63, 3.8) is 0 Å². The van der Waals surface area contributed by atoms with E-state index in [9.17, 15) is 0 Å². The Bertz CT molecular complexity index is 246. The zero-order chi connectivity index (χ0) is 10.4. The van der Waals surface area contributed by atoms with Crippen molar-refractivity contribution in [2.45, 2.75) is 39.2 Å². The van der Waals surface area contributed by atoms with Crippen LogP contribution in [0.4, 0.5) is 0 Å². The van der Waals surface area contributed by atoms with Crippen LogP contribution in [0.2, 0.25) is 0 Å². The molecule has 1 atom stereocenters. The van der Waals surface area contributed by atoms with E-state index in [2.05, 4.69) is 23.8 Å². The molecule has 1 aromatic rings. The minimum atomic E-state index is -0.00468. The molecule has 3 nitrogen and oxygen atoms in total. The molecular formula is C11H19N3. The van der Waals surface area contributed by atoms with E-state index in [1.807, 2.05) is 6.07 Å². The van der Waals surface area contributed by atoms with Crippen LogP contribution in [0.15, 0.2) is 18.5 Å². The van der Waals surface area contributed by atoms with Gasteiger partial charge in [0.05, 0.1) is 6.04 Å². The van der Waals surface area contributed by atoms with Crippen LogP contribution in [0.1, 0.15) is 45.0 Å². The number of hydrogen-bond acceptors (Lipinski definition) is 3. The molecule has 1 rings (SSSR count). The van der Waals surface area contributed by atoms with Crippen LogP contribution in [0, 0.1) is 5.92 Å². The van der Waals surface area contributed by atoms with Crippen molar-refractivity contribution in [2.24, 2.45) is 11.7 Å². The Morgan fingerprint density at radius 1 is 1.21 bits per heavy atom. The molecule has 0 radical (unpaired) electrons. The Morgan fingerprint density at radius 3 is 2.43 bits per heavy atom. The Labute approximate surface area is 85.8 Å². The number of nitrogens with zero attached hydrogens (tertiary/aromatic N) is 2. The lowest BCUT2D eigenvalue weighted by atomic mass is 10.0. The Balaban J connectivity index is 2.32.